The Morgan fingerprint density at radius 2 is 2.19 bits per heavy atom. The third-order valence-corrected chi connectivity index (χ3v) is 3.69. The van der Waals surface area contributed by atoms with Gasteiger partial charge in [0.05, 0.1) is 6.10 Å². The van der Waals surface area contributed by atoms with Gasteiger partial charge in [0.25, 0.3) is 0 Å². The summed E-state index contributed by atoms with van der Waals surface area (Å²) in [5, 5.41) is 10.2. The van der Waals surface area contributed by atoms with E-state index in [2.05, 4.69) is 15.9 Å². The van der Waals surface area contributed by atoms with Gasteiger partial charge in [-0.05, 0) is 45.4 Å². The zero-order valence-electron chi connectivity index (χ0n) is 12.6. The molecule has 0 fully saturated rings. The predicted octanol–water partition coefficient (Wildman–Crippen LogP) is 3.76. The summed E-state index contributed by atoms with van der Waals surface area (Å²) < 4.78 is 12.0. The third kappa shape index (κ3) is 4.71. The zero-order valence-corrected chi connectivity index (χ0v) is 14.1. The molecule has 0 amide bonds. The van der Waals surface area contributed by atoms with Crippen molar-refractivity contribution in [2.24, 2.45) is 0 Å². The van der Waals surface area contributed by atoms with Crippen molar-refractivity contribution in [1.82, 2.24) is 0 Å². The van der Waals surface area contributed by atoms with Crippen molar-refractivity contribution in [3.8, 4) is 5.75 Å². The molecule has 0 bridgehead atoms. The monoisotopic (exact) mass is 356 g/mol. The summed E-state index contributed by atoms with van der Waals surface area (Å²) in [5.41, 5.74) is 0.320. The number of carbonyl (C=O) groups is 1. The van der Waals surface area contributed by atoms with Crippen LogP contribution in [0.3, 0.4) is 0 Å². The summed E-state index contributed by atoms with van der Waals surface area (Å²) >= 11 is 3.38. The molecule has 0 spiro atoms. The fraction of sp³-hybridized carbons (Fsp3) is 0.562. The minimum Gasteiger partial charge on any atom is -0.490 e. The molecule has 5 heteroatoms. The molecule has 1 N–H and O–H groups in total. The molecule has 0 radical (unpaired) electrons. The van der Waals surface area contributed by atoms with Crippen molar-refractivity contribution < 1.29 is 19.4 Å². The molecular formula is C16H21BrO4. The number of hydrogen-bond acceptors (Lipinski definition) is 4. The van der Waals surface area contributed by atoms with Crippen LogP contribution in [0.5, 0.6) is 5.75 Å². The van der Waals surface area contributed by atoms with Gasteiger partial charge < -0.3 is 14.6 Å². The second-order valence-corrected chi connectivity index (χ2v) is 7.21. The number of aliphatic hydroxyl groups is 1. The maximum Gasteiger partial charge on any atom is 0.306 e. The van der Waals surface area contributed by atoms with E-state index >= 15 is 0 Å². The number of hydrogen-bond donors (Lipinski definition) is 1. The van der Waals surface area contributed by atoms with Crippen LogP contribution in [0.25, 0.3) is 0 Å². The molecular weight excluding hydrogens is 336 g/mol. The number of carbonyl (C=O) groups excluding carboxylic acids is 1. The highest BCUT2D eigenvalue weighted by Crippen LogP contribution is 2.37. The van der Waals surface area contributed by atoms with E-state index in [1.54, 1.807) is 0 Å². The minimum atomic E-state index is -0.560. The van der Waals surface area contributed by atoms with E-state index < -0.39 is 11.7 Å². The molecule has 2 atom stereocenters. The van der Waals surface area contributed by atoms with E-state index in [-0.39, 0.29) is 12.1 Å². The Hall–Kier alpha value is -1.07. The number of halogens is 1. The third-order valence-electron chi connectivity index (χ3n) is 3.20. The van der Waals surface area contributed by atoms with E-state index in [9.17, 15) is 9.90 Å². The Morgan fingerprint density at radius 3 is 2.86 bits per heavy atom. The summed E-state index contributed by atoms with van der Waals surface area (Å²) in [7, 11) is 0. The summed E-state index contributed by atoms with van der Waals surface area (Å²) in [5.74, 6) is 0.452. The lowest BCUT2D eigenvalue weighted by molar-refractivity contribution is -0.155. The highest BCUT2D eigenvalue weighted by molar-refractivity contribution is 9.10. The Balaban J connectivity index is 1.93. The second-order valence-electron chi connectivity index (χ2n) is 6.30. The molecule has 1 aliphatic heterocycles. The van der Waals surface area contributed by atoms with Gasteiger partial charge in [0, 0.05) is 22.9 Å². The lowest BCUT2D eigenvalue weighted by atomic mass is 9.97. The molecule has 0 aromatic heterocycles. The van der Waals surface area contributed by atoms with E-state index in [0.29, 0.717) is 25.0 Å². The highest BCUT2D eigenvalue weighted by atomic mass is 79.9. The molecule has 0 saturated heterocycles. The van der Waals surface area contributed by atoms with Crippen molar-refractivity contribution in [3.63, 3.8) is 0 Å². The fourth-order valence-corrected chi connectivity index (χ4v) is 2.72. The lowest BCUT2D eigenvalue weighted by Gasteiger charge is -2.30. The molecule has 116 valence electrons. The van der Waals surface area contributed by atoms with E-state index in [1.807, 2.05) is 39.0 Å². The first kappa shape index (κ1) is 16.3. The first-order chi connectivity index (χ1) is 9.74. The van der Waals surface area contributed by atoms with Crippen LogP contribution in [0.1, 0.15) is 51.7 Å². The first-order valence-corrected chi connectivity index (χ1v) is 7.90. The van der Waals surface area contributed by atoms with Crippen molar-refractivity contribution in [3.05, 3.63) is 28.2 Å². The second kappa shape index (κ2) is 6.36. The summed E-state index contributed by atoms with van der Waals surface area (Å²) in [6.45, 7) is 5.54. The Labute approximate surface area is 133 Å². The smallest absolute Gasteiger partial charge is 0.306 e. The number of benzene rings is 1. The lowest BCUT2D eigenvalue weighted by Crippen LogP contribution is -2.28. The van der Waals surface area contributed by atoms with Gasteiger partial charge in [0.1, 0.15) is 17.5 Å². The number of fused-ring (bicyclic) bond motifs is 1. The minimum absolute atomic E-state index is 0.166. The number of aliphatic hydroxyl groups excluding tert-OH is 1. The molecule has 4 nitrogen and oxygen atoms in total. The van der Waals surface area contributed by atoms with Gasteiger partial charge >= 0.3 is 5.97 Å². The quantitative estimate of drug-likeness (QED) is 0.837. The largest absolute Gasteiger partial charge is 0.490 e. The van der Waals surface area contributed by atoms with Crippen LogP contribution in [0.15, 0.2) is 22.7 Å². The molecule has 2 unspecified atom stereocenters. The first-order valence-electron chi connectivity index (χ1n) is 7.10. The highest BCUT2D eigenvalue weighted by Gasteiger charge is 2.28. The average Bonchev–Trinajstić information content (AvgIpc) is 2.35. The molecule has 1 aliphatic rings. The van der Waals surface area contributed by atoms with Gasteiger partial charge in [0.2, 0.25) is 0 Å². The topological polar surface area (TPSA) is 55.8 Å². The molecule has 1 heterocycles. The van der Waals surface area contributed by atoms with E-state index in [0.717, 1.165) is 10.0 Å². The number of rotatable bonds is 3. The van der Waals surface area contributed by atoms with Crippen LogP contribution in [-0.2, 0) is 9.53 Å². The van der Waals surface area contributed by atoms with Crippen LogP contribution in [0.4, 0.5) is 0 Å². The molecule has 0 aliphatic carbocycles. The van der Waals surface area contributed by atoms with Crippen LogP contribution in [-0.4, -0.2) is 22.8 Å². The summed E-state index contributed by atoms with van der Waals surface area (Å²) in [6, 6.07) is 5.58. The standard InChI is InChI=1S/C16H21BrO4/c1-16(2,3)21-15(19)7-5-11-9-13(18)12-8-10(17)4-6-14(12)20-11/h4,6,8,11,13,18H,5,7,9H2,1-3H3. The van der Waals surface area contributed by atoms with Gasteiger partial charge in [-0.3, -0.25) is 4.79 Å². The molecule has 2 rings (SSSR count). The Morgan fingerprint density at radius 1 is 1.48 bits per heavy atom. The summed E-state index contributed by atoms with van der Waals surface area (Å²) in [4.78, 5) is 11.7. The van der Waals surface area contributed by atoms with E-state index in [4.69, 9.17) is 9.47 Å². The Kier molecular flexibility index (Phi) is 4.94. The van der Waals surface area contributed by atoms with Crippen molar-refractivity contribution in [2.75, 3.05) is 0 Å². The SMILES string of the molecule is CC(C)(C)OC(=O)CCC1CC(O)c2cc(Br)ccc2O1. The molecule has 1 aromatic carbocycles. The normalized spacial score (nSPS) is 21.4. The van der Waals surface area contributed by atoms with Gasteiger partial charge in [0.15, 0.2) is 0 Å². The summed E-state index contributed by atoms with van der Waals surface area (Å²) in [6.07, 6.45) is 0.602. The van der Waals surface area contributed by atoms with Crippen molar-refractivity contribution >= 4 is 21.9 Å². The maximum atomic E-state index is 11.7. The van der Waals surface area contributed by atoms with Crippen molar-refractivity contribution in [2.45, 2.75) is 57.8 Å². The average molecular weight is 357 g/mol. The zero-order chi connectivity index (χ0) is 15.6. The van der Waals surface area contributed by atoms with E-state index in [1.165, 1.54) is 0 Å². The number of ether oxygens (including phenoxy) is 2. The van der Waals surface area contributed by atoms with Gasteiger partial charge in [-0.15, -0.1) is 0 Å². The van der Waals surface area contributed by atoms with Crippen molar-refractivity contribution in [1.29, 1.82) is 0 Å². The maximum absolute atomic E-state index is 11.7. The fourth-order valence-electron chi connectivity index (χ4n) is 2.34. The predicted molar refractivity (Wildman–Crippen MR) is 83.2 cm³/mol. The van der Waals surface area contributed by atoms with Crippen LogP contribution in [0, 0.1) is 0 Å². The Bertz CT molecular complexity index is 521. The number of esters is 1. The van der Waals surface area contributed by atoms with Crippen LogP contribution < -0.4 is 4.74 Å². The van der Waals surface area contributed by atoms with Crippen LogP contribution in [0.2, 0.25) is 0 Å². The molecule has 21 heavy (non-hydrogen) atoms. The molecule has 1 aromatic rings. The van der Waals surface area contributed by atoms with Crippen LogP contribution >= 0.6 is 15.9 Å². The van der Waals surface area contributed by atoms with Gasteiger partial charge in [-0.25, -0.2) is 0 Å². The van der Waals surface area contributed by atoms with Gasteiger partial charge in [-0.1, -0.05) is 15.9 Å². The molecule has 0 saturated carbocycles. The van der Waals surface area contributed by atoms with Gasteiger partial charge in [-0.2, -0.15) is 0 Å².